The lowest BCUT2D eigenvalue weighted by Gasteiger charge is -2.37. The van der Waals surface area contributed by atoms with Crippen molar-refractivity contribution in [1.82, 2.24) is 5.32 Å². The number of nitrogens with one attached hydrogen (secondary N) is 1. The van der Waals surface area contributed by atoms with Crippen molar-refractivity contribution < 1.29 is 24.2 Å². The summed E-state index contributed by atoms with van der Waals surface area (Å²) in [5.74, 6) is -0.539. The standard InChI is InChI=1S/C22H25NO5/c1-16(17-7-9-19(10-8-17)28-15-20(24)25)23-21(26)22(11-13-27-14-12-22)18-5-3-2-4-6-18/h2-10,16H,11-15H2,1H3,(H,23,26)(H,24,25). The summed E-state index contributed by atoms with van der Waals surface area (Å²) >= 11 is 0. The van der Waals surface area contributed by atoms with Crippen LogP contribution in [0, 0.1) is 0 Å². The Morgan fingerprint density at radius 1 is 1.11 bits per heavy atom. The first kappa shape index (κ1) is 19.9. The van der Waals surface area contributed by atoms with Gasteiger partial charge in [-0.15, -0.1) is 0 Å². The summed E-state index contributed by atoms with van der Waals surface area (Å²) in [5, 5.41) is 11.8. The van der Waals surface area contributed by atoms with Crippen LogP contribution in [0.2, 0.25) is 0 Å². The van der Waals surface area contributed by atoms with E-state index in [9.17, 15) is 9.59 Å². The third kappa shape index (κ3) is 4.51. The smallest absolute Gasteiger partial charge is 0.341 e. The maximum absolute atomic E-state index is 13.3. The fourth-order valence-electron chi connectivity index (χ4n) is 3.54. The second-order valence-electron chi connectivity index (χ2n) is 7.01. The van der Waals surface area contributed by atoms with Gasteiger partial charge in [-0.2, -0.15) is 0 Å². The summed E-state index contributed by atoms with van der Waals surface area (Å²) in [6, 6.07) is 16.8. The lowest BCUT2D eigenvalue weighted by atomic mass is 9.73. The highest BCUT2D eigenvalue weighted by Gasteiger charge is 2.42. The van der Waals surface area contributed by atoms with Gasteiger partial charge < -0.3 is 19.9 Å². The second kappa shape index (κ2) is 8.89. The number of hydrogen-bond acceptors (Lipinski definition) is 4. The van der Waals surface area contributed by atoms with Crippen molar-refractivity contribution in [3.63, 3.8) is 0 Å². The highest BCUT2D eigenvalue weighted by molar-refractivity contribution is 5.88. The van der Waals surface area contributed by atoms with Crippen molar-refractivity contribution in [3.05, 3.63) is 65.7 Å². The maximum Gasteiger partial charge on any atom is 0.341 e. The van der Waals surface area contributed by atoms with Gasteiger partial charge in [-0.1, -0.05) is 42.5 Å². The quantitative estimate of drug-likeness (QED) is 0.768. The van der Waals surface area contributed by atoms with Crippen molar-refractivity contribution >= 4 is 11.9 Å². The van der Waals surface area contributed by atoms with Crippen LogP contribution in [0.3, 0.4) is 0 Å². The normalized spacial score (nSPS) is 16.8. The zero-order valence-electron chi connectivity index (χ0n) is 15.9. The van der Waals surface area contributed by atoms with E-state index in [1.165, 1.54) is 0 Å². The number of carboxylic acid groups (broad SMARTS) is 1. The third-order valence-electron chi connectivity index (χ3n) is 5.20. The summed E-state index contributed by atoms with van der Waals surface area (Å²) in [6.07, 6.45) is 1.30. The number of rotatable bonds is 7. The summed E-state index contributed by atoms with van der Waals surface area (Å²) in [7, 11) is 0. The number of hydrogen-bond donors (Lipinski definition) is 2. The van der Waals surface area contributed by atoms with Crippen molar-refractivity contribution in [1.29, 1.82) is 0 Å². The SMILES string of the molecule is CC(NC(=O)C1(c2ccccc2)CCOCC1)c1ccc(OCC(=O)O)cc1. The Morgan fingerprint density at radius 3 is 2.36 bits per heavy atom. The molecule has 148 valence electrons. The zero-order chi connectivity index (χ0) is 20.0. The van der Waals surface area contributed by atoms with Crippen LogP contribution in [0.5, 0.6) is 5.75 Å². The summed E-state index contributed by atoms with van der Waals surface area (Å²) < 4.78 is 10.7. The van der Waals surface area contributed by atoms with Crippen LogP contribution in [-0.2, 0) is 19.7 Å². The molecule has 2 N–H and O–H groups in total. The molecule has 6 heteroatoms. The molecule has 1 fully saturated rings. The molecule has 0 aliphatic carbocycles. The largest absolute Gasteiger partial charge is 0.482 e. The van der Waals surface area contributed by atoms with Gasteiger partial charge in [0.2, 0.25) is 5.91 Å². The fraction of sp³-hybridized carbons (Fsp3) is 0.364. The molecule has 3 rings (SSSR count). The number of aliphatic carboxylic acids is 1. The average molecular weight is 383 g/mol. The molecule has 2 aromatic rings. The Labute approximate surface area is 164 Å². The van der Waals surface area contributed by atoms with E-state index >= 15 is 0 Å². The minimum atomic E-state index is -1.02. The molecule has 6 nitrogen and oxygen atoms in total. The molecule has 1 heterocycles. The first-order valence-corrected chi connectivity index (χ1v) is 9.40. The van der Waals surface area contributed by atoms with Crippen molar-refractivity contribution in [2.75, 3.05) is 19.8 Å². The van der Waals surface area contributed by atoms with Gasteiger partial charge in [-0.3, -0.25) is 4.79 Å². The van der Waals surface area contributed by atoms with Crippen LogP contribution in [-0.4, -0.2) is 36.8 Å². The molecule has 1 aliphatic heterocycles. The Kier molecular flexibility index (Phi) is 6.31. The second-order valence-corrected chi connectivity index (χ2v) is 7.01. The summed E-state index contributed by atoms with van der Waals surface area (Å²) in [5.41, 5.74) is 1.35. The molecule has 1 amide bonds. The zero-order valence-corrected chi connectivity index (χ0v) is 15.9. The number of carbonyl (C=O) groups is 2. The number of carboxylic acids is 1. The first-order valence-electron chi connectivity index (χ1n) is 9.40. The van der Waals surface area contributed by atoms with Gasteiger partial charge in [0.1, 0.15) is 5.75 Å². The van der Waals surface area contributed by atoms with Gasteiger partial charge in [-0.05, 0) is 43.0 Å². The lowest BCUT2D eigenvalue weighted by molar-refractivity contribution is -0.139. The minimum Gasteiger partial charge on any atom is -0.482 e. The number of carbonyl (C=O) groups excluding carboxylic acids is 1. The molecule has 0 radical (unpaired) electrons. The minimum absolute atomic E-state index is 0.000652. The van der Waals surface area contributed by atoms with Gasteiger partial charge in [0, 0.05) is 13.2 Å². The van der Waals surface area contributed by atoms with Crippen molar-refractivity contribution in [3.8, 4) is 5.75 Å². The molecule has 0 bridgehead atoms. The van der Waals surface area contributed by atoms with Gasteiger partial charge in [0.25, 0.3) is 0 Å². The van der Waals surface area contributed by atoms with Gasteiger partial charge >= 0.3 is 5.97 Å². The molecular weight excluding hydrogens is 358 g/mol. The molecule has 0 spiro atoms. The van der Waals surface area contributed by atoms with E-state index < -0.39 is 11.4 Å². The van der Waals surface area contributed by atoms with E-state index in [0.717, 1.165) is 11.1 Å². The Balaban J connectivity index is 1.72. The van der Waals surface area contributed by atoms with Crippen LogP contribution in [0.4, 0.5) is 0 Å². The summed E-state index contributed by atoms with van der Waals surface area (Å²) in [6.45, 7) is 2.68. The van der Waals surface area contributed by atoms with Crippen molar-refractivity contribution in [2.24, 2.45) is 0 Å². The van der Waals surface area contributed by atoms with Gasteiger partial charge in [0.05, 0.1) is 11.5 Å². The molecule has 0 saturated carbocycles. The van der Waals surface area contributed by atoms with Crippen LogP contribution in [0.15, 0.2) is 54.6 Å². The monoisotopic (exact) mass is 383 g/mol. The van der Waals surface area contributed by atoms with E-state index in [-0.39, 0.29) is 18.6 Å². The predicted octanol–water partition coefficient (Wildman–Crippen LogP) is 3.08. The maximum atomic E-state index is 13.3. The highest BCUT2D eigenvalue weighted by Crippen LogP contribution is 2.35. The molecule has 1 unspecified atom stereocenters. The molecule has 2 aromatic carbocycles. The third-order valence-corrected chi connectivity index (χ3v) is 5.20. The molecular formula is C22H25NO5. The molecule has 1 saturated heterocycles. The molecule has 28 heavy (non-hydrogen) atoms. The lowest BCUT2D eigenvalue weighted by Crippen LogP contribution is -2.48. The van der Waals surface area contributed by atoms with Crippen LogP contribution < -0.4 is 10.1 Å². The van der Waals surface area contributed by atoms with Crippen LogP contribution >= 0.6 is 0 Å². The topological polar surface area (TPSA) is 84.9 Å². The van der Waals surface area contributed by atoms with Crippen LogP contribution in [0.1, 0.15) is 36.9 Å². The van der Waals surface area contributed by atoms with E-state index in [0.29, 0.717) is 31.8 Å². The average Bonchev–Trinajstić information content (AvgIpc) is 2.73. The predicted molar refractivity (Wildman–Crippen MR) is 104 cm³/mol. The highest BCUT2D eigenvalue weighted by atomic mass is 16.5. The number of benzene rings is 2. The van der Waals surface area contributed by atoms with E-state index in [1.807, 2.05) is 49.4 Å². The van der Waals surface area contributed by atoms with Gasteiger partial charge in [0.15, 0.2) is 6.61 Å². The Hall–Kier alpha value is -2.86. The molecule has 1 atom stereocenters. The van der Waals surface area contributed by atoms with E-state index in [2.05, 4.69) is 5.32 Å². The van der Waals surface area contributed by atoms with E-state index in [4.69, 9.17) is 14.6 Å². The number of ether oxygens (including phenoxy) is 2. The van der Waals surface area contributed by atoms with Gasteiger partial charge in [-0.25, -0.2) is 4.79 Å². The summed E-state index contributed by atoms with van der Waals surface area (Å²) in [4.78, 5) is 23.9. The van der Waals surface area contributed by atoms with Crippen molar-refractivity contribution in [2.45, 2.75) is 31.2 Å². The first-order chi connectivity index (χ1) is 13.5. The van der Waals surface area contributed by atoms with E-state index in [1.54, 1.807) is 12.1 Å². The fourth-order valence-corrected chi connectivity index (χ4v) is 3.54. The number of amides is 1. The Morgan fingerprint density at radius 2 is 1.75 bits per heavy atom. The Bertz CT molecular complexity index is 797. The molecule has 1 aliphatic rings. The van der Waals surface area contributed by atoms with Crippen LogP contribution in [0.25, 0.3) is 0 Å². The molecule has 0 aromatic heterocycles.